The minimum Gasteiger partial charge on any atom is -0.481 e. The zero-order chi connectivity index (χ0) is 11.4. The predicted octanol–water partition coefficient (Wildman–Crippen LogP) is 0.907. The molecule has 0 heterocycles. The molecule has 0 saturated heterocycles. The van der Waals surface area contributed by atoms with E-state index in [4.69, 9.17) is 10.2 Å². The summed E-state index contributed by atoms with van der Waals surface area (Å²) in [5, 5.41) is 25.7. The van der Waals surface area contributed by atoms with Gasteiger partial charge in [-0.2, -0.15) is 0 Å². The van der Waals surface area contributed by atoms with Crippen LogP contribution >= 0.6 is 0 Å². The van der Waals surface area contributed by atoms with Gasteiger partial charge in [0.25, 0.3) is 0 Å². The summed E-state index contributed by atoms with van der Waals surface area (Å²) in [4.78, 5) is 18.8. The minimum absolute atomic E-state index is 0.0272. The van der Waals surface area contributed by atoms with Crippen molar-refractivity contribution in [3.8, 4) is 0 Å². The summed E-state index contributed by atoms with van der Waals surface area (Å²) in [6, 6.07) is 0. The highest BCUT2D eigenvalue weighted by molar-refractivity contribution is 5.66. The lowest BCUT2D eigenvalue weighted by molar-refractivity contribution is -0.480. The van der Waals surface area contributed by atoms with E-state index < -0.39 is 5.97 Å². The zero-order valence-electron chi connectivity index (χ0n) is 8.31. The number of aliphatic hydroxyl groups is 1. The molecule has 0 aliphatic carbocycles. The standard InChI is InChI=1S/C4H9NO3.C4H8O2/c6-4-2-1-3-5(7)8;1-2-3-4(5)6/h6H,1-4H2;2-3H2,1H3,(H,5,6). The molecule has 0 unspecified atom stereocenters. The first-order valence-electron chi connectivity index (χ1n) is 4.49. The van der Waals surface area contributed by atoms with E-state index in [9.17, 15) is 14.9 Å². The first-order valence-corrected chi connectivity index (χ1v) is 4.49. The molecule has 6 heteroatoms. The van der Waals surface area contributed by atoms with E-state index in [1.165, 1.54) is 0 Å². The third-order valence-electron chi connectivity index (χ3n) is 1.21. The summed E-state index contributed by atoms with van der Waals surface area (Å²) in [6.45, 7) is 1.86. The fourth-order valence-corrected chi connectivity index (χ4v) is 0.567. The molecule has 0 spiro atoms. The van der Waals surface area contributed by atoms with Gasteiger partial charge in [-0.15, -0.1) is 0 Å². The molecule has 0 aromatic heterocycles. The Balaban J connectivity index is 0. The highest BCUT2D eigenvalue weighted by Gasteiger charge is 1.93. The van der Waals surface area contributed by atoms with Crippen molar-refractivity contribution in [3.63, 3.8) is 0 Å². The fraction of sp³-hybridized carbons (Fsp3) is 0.875. The van der Waals surface area contributed by atoms with Crippen LogP contribution in [0.2, 0.25) is 0 Å². The van der Waals surface area contributed by atoms with Gasteiger partial charge in [-0.05, 0) is 12.8 Å². The Labute approximate surface area is 82.7 Å². The Bertz CT molecular complexity index is 160. The van der Waals surface area contributed by atoms with Gasteiger partial charge >= 0.3 is 5.97 Å². The Morgan fingerprint density at radius 2 is 2.00 bits per heavy atom. The third-order valence-corrected chi connectivity index (χ3v) is 1.21. The average Bonchev–Trinajstić information content (AvgIpc) is 2.05. The van der Waals surface area contributed by atoms with E-state index in [0.29, 0.717) is 19.3 Å². The second kappa shape index (κ2) is 11.8. The fourth-order valence-electron chi connectivity index (χ4n) is 0.567. The lowest BCUT2D eigenvalue weighted by Gasteiger charge is -1.88. The molecule has 14 heavy (non-hydrogen) atoms. The third kappa shape index (κ3) is 22.4. The van der Waals surface area contributed by atoms with E-state index >= 15 is 0 Å². The summed E-state index contributed by atoms with van der Waals surface area (Å²) in [7, 11) is 0. The first-order chi connectivity index (χ1) is 6.54. The van der Waals surface area contributed by atoms with E-state index in [1.54, 1.807) is 0 Å². The summed E-state index contributed by atoms with van der Waals surface area (Å²) < 4.78 is 0. The number of nitrogens with zero attached hydrogens (tertiary/aromatic N) is 1. The normalized spacial score (nSPS) is 8.71. The molecule has 0 radical (unpaired) electrons. The maximum absolute atomic E-state index is 9.60. The maximum Gasteiger partial charge on any atom is 0.303 e. The molecular weight excluding hydrogens is 190 g/mol. The van der Waals surface area contributed by atoms with Crippen molar-refractivity contribution in [1.82, 2.24) is 0 Å². The van der Waals surface area contributed by atoms with Crippen molar-refractivity contribution < 1.29 is 19.9 Å². The van der Waals surface area contributed by atoms with Crippen LogP contribution in [0.3, 0.4) is 0 Å². The van der Waals surface area contributed by atoms with Crippen LogP contribution in [0.25, 0.3) is 0 Å². The molecule has 0 aromatic rings. The highest BCUT2D eigenvalue weighted by Crippen LogP contribution is 1.85. The number of aliphatic hydroxyl groups excluding tert-OH is 1. The maximum atomic E-state index is 9.60. The van der Waals surface area contributed by atoms with Crippen LogP contribution < -0.4 is 0 Å². The van der Waals surface area contributed by atoms with Crippen molar-refractivity contribution in [2.75, 3.05) is 13.2 Å². The zero-order valence-corrected chi connectivity index (χ0v) is 8.31. The van der Waals surface area contributed by atoms with Crippen molar-refractivity contribution in [2.24, 2.45) is 0 Å². The van der Waals surface area contributed by atoms with Crippen molar-refractivity contribution in [2.45, 2.75) is 32.6 Å². The summed E-state index contributed by atoms with van der Waals surface area (Å²) >= 11 is 0. The van der Waals surface area contributed by atoms with Gasteiger partial charge in [-0.3, -0.25) is 14.9 Å². The number of hydrogen-bond donors (Lipinski definition) is 2. The quantitative estimate of drug-likeness (QED) is 0.383. The van der Waals surface area contributed by atoms with Gasteiger partial charge in [-0.1, -0.05) is 6.92 Å². The number of aliphatic carboxylic acids is 1. The molecule has 0 aliphatic rings. The predicted molar refractivity (Wildman–Crippen MR) is 50.7 cm³/mol. The molecule has 84 valence electrons. The second-order valence-corrected chi connectivity index (χ2v) is 2.63. The van der Waals surface area contributed by atoms with Crippen molar-refractivity contribution in [3.05, 3.63) is 10.1 Å². The van der Waals surface area contributed by atoms with Gasteiger partial charge in [0.15, 0.2) is 0 Å². The number of carboxylic acids is 1. The minimum atomic E-state index is -0.711. The molecule has 0 bridgehead atoms. The Morgan fingerprint density at radius 1 is 1.43 bits per heavy atom. The highest BCUT2D eigenvalue weighted by atomic mass is 16.6. The molecule has 0 amide bonds. The largest absolute Gasteiger partial charge is 0.481 e. The summed E-state index contributed by atoms with van der Waals surface area (Å²) in [6.07, 6.45) is 2.03. The molecule has 0 saturated carbocycles. The number of unbranched alkanes of at least 4 members (excludes halogenated alkanes) is 1. The molecule has 0 fully saturated rings. The number of hydrogen-bond acceptors (Lipinski definition) is 4. The van der Waals surface area contributed by atoms with Crippen LogP contribution in [0.5, 0.6) is 0 Å². The molecule has 2 N–H and O–H groups in total. The van der Waals surface area contributed by atoms with Gasteiger partial charge in [-0.25, -0.2) is 0 Å². The van der Waals surface area contributed by atoms with E-state index in [0.717, 1.165) is 6.42 Å². The summed E-state index contributed by atoms with van der Waals surface area (Å²) in [5.74, 6) is -0.711. The van der Waals surface area contributed by atoms with Crippen molar-refractivity contribution >= 4 is 5.97 Å². The molecule has 0 aromatic carbocycles. The first kappa shape index (κ1) is 15.3. The van der Waals surface area contributed by atoms with E-state index in [-0.39, 0.29) is 18.1 Å². The van der Waals surface area contributed by atoms with Crippen LogP contribution in [0.4, 0.5) is 0 Å². The van der Waals surface area contributed by atoms with Gasteiger partial charge in [0.05, 0.1) is 0 Å². The van der Waals surface area contributed by atoms with E-state index in [2.05, 4.69) is 0 Å². The van der Waals surface area contributed by atoms with Crippen LogP contribution in [0.1, 0.15) is 32.6 Å². The van der Waals surface area contributed by atoms with Crippen LogP contribution in [0.15, 0.2) is 0 Å². The topological polar surface area (TPSA) is 101 Å². The average molecular weight is 207 g/mol. The van der Waals surface area contributed by atoms with E-state index in [1.807, 2.05) is 6.92 Å². The lowest BCUT2D eigenvalue weighted by Crippen LogP contribution is -2.00. The van der Waals surface area contributed by atoms with Crippen LogP contribution in [-0.4, -0.2) is 34.3 Å². The van der Waals surface area contributed by atoms with Crippen molar-refractivity contribution in [1.29, 1.82) is 0 Å². The number of rotatable bonds is 6. The lowest BCUT2D eigenvalue weighted by atomic mass is 10.3. The van der Waals surface area contributed by atoms with Crippen LogP contribution in [-0.2, 0) is 4.79 Å². The van der Waals surface area contributed by atoms with Gasteiger partial charge in [0.1, 0.15) is 0 Å². The molecule has 0 aliphatic heterocycles. The molecule has 0 rings (SSSR count). The molecular formula is C8H17NO5. The Morgan fingerprint density at radius 3 is 2.21 bits per heavy atom. The number of carbonyl (C=O) groups is 1. The molecule has 6 nitrogen and oxygen atoms in total. The van der Waals surface area contributed by atoms with Gasteiger partial charge in [0.2, 0.25) is 6.54 Å². The monoisotopic (exact) mass is 207 g/mol. The number of nitro groups is 1. The van der Waals surface area contributed by atoms with Crippen LogP contribution in [0, 0.1) is 10.1 Å². The van der Waals surface area contributed by atoms with Gasteiger partial charge < -0.3 is 10.2 Å². The SMILES string of the molecule is CCCC(=O)O.O=[N+]([O-])CCCCO. The Hall–Kier alpha value is -1.17. The Kier molecular flexibility index (Phi) is 12.9. The van der Waals surface area contributed by atoms with Gasteiger partial charge in [0, 0.05) is 24.4 Å². The summed E-state index contributed by atoms with van der Waals surface area (Å²) in [5.41, 5.74) is 0. The molecule has 0 atom stereocenters. The smallest absolute Gasteiger partial charge is 0.303 e. The number of carboxylic acid groups (broad SMARTS) is 1. The second-order valence-electron chi connectivity index (χ2n) is 2.63.